The van der Waals surface area contributed by atoms with Crippen molar-refractivity contribution in [2.45, 2.75) is 63.3 Å². The van der Waals surface area contributed by atoms with E-state index < -0.39 is 0 Å². The molecule has 1 unspecified atom stereocenters. The van der Waals surface area contributed by atoms with E-state index in [2.05, 4.69) is 21.9 Å². The fraction of sp³-hybridized carbons (Fsp3) is 0.682. The van der Waals surface area contributed by atoms with Crippen molar-refractivity contribution in [3.05, 3.63) is 35.9 Å². The molecule has 0 spiro atoms. The number of hydrogen-bond acceptors (Lipinski definition) is 3. The highest BCUT2D eigenvalue weighted by Gasteiger charge is 2.51. The Morgan fingerprint density at radius 1 is 1.08 bits per heavy atom. The average Bonchev–Trinajstić information content (AvgIpc) is 2.68. The number of amides is 1. The minimum atomic E-state index is 0.0828. The van der Waals surface area contributed by atoms with E-state index in [1.807, 2.05) is 18.2 Å². The Balaban J connectivity index is 1.31. The van der Waals surface area contributed by atoms with Crippen LogP contribution in [-0.4, -0.2) is 53.5 Å². The topological polar surface area (TPSA) is 32.8 Å². The van der Waals surface area contributed by atoms with Crippen LogP contribution in [0.5, 0.6) is 0 Å². The molecular weight excluding hydrogens is 324 g/mol. The molecule has 5 rings (SSSR count). The number of carbonyl (C=O) groups is 1. The van der Waals surface area contributed by atoms with Crippen molar-refractivity contribution in [3.63, 3.8) is 0 Å². The quantitative estimate of drug-likeness (QED) is 0.836. The fourth-order valence-corrected chi connectivity index (χ4v) is 6.16. The van der Waals surface area contributed by atoms with E-state index in [1.54, 1.807) is 0 Å². The molecule has 0 aliphatic carbocycles. The molecule has 4 fully saturated rings. The van der Waals surface area contributed by atoms with Crippen LogP contribution in [0.1, 0.15) is 44.1 Å². The maximum atomic E-state index is 12.9. The summed E-state index contributed by atoms with van der Waals surface area (Å²) in [6, 6.07) is 11.5. The molecule has 140 valence electrons. The minimum absolute atomic E-state index is 0.0828. The number of fused-ring (bicyclic) bond motifs is 2. The SMILES string of the molecule is O=C1CC(OCc2ccccc2)C[C@@H]2[C@H]3CCCN4CCC[C@@H](CN12)[C@@H]34. The highest BCUT2D eigenvalue weighted by Crippen LogP contribution is 2.45. The van der Waals surface area contributed by atoms with Crippen molar-refractivity contribution in [3.8, 4) is 0 Å². The van der Waals surface area contributed by atoms with Crippen LogP contribution in [0.4, 0.5) is 0 Å². The molecule has 0 N–H and O–H groups in total. The number of benzene rings is 1. The van der Waals surface area contributed by atoms with Gasteiger partial charge in [0, 0.05) is 18.6 Å². The summed E-state index contributed by atoms with van der Waals surface area (Å²) in [6.45, 7) is 4.15. The molecule has 26 heavy (non-hydrogen) atoms. The first-order chi connectivity index (χ1) is 12.8. The lowest BCUT2D eigenvalue weighted by Crippen LogP contribution is -2.67. The number of hydrogen-bond donors (Lipinski definition) is 0. The van der Waals surface area contributed by atoms with Gasteiger partial charge in [0.1, 0.15) is 0 Å². The third-order valence-corrected chi connectivity index (χ3v) is 7.23. The predicted molar refractivity (Wildman–Crippen MR) is 101 cm³/mol. The molecule has 4 heterocycles. The minimum Gasteiger partial charge on any atom is -0.373 e. The Morgan fingerprint density at radius 2 is 1.88 bits per heavy atom. The smallest absolute Gasteiger partial charge is 0.225 e. The second-order valence-corrected chi connectivity index (χ2v) is 8.71. The molecule has 0 bridgehead atoms. The summed E-state index contributed by atoms with van der Waals surface area (Å²) < 4.78 is 6.20. The zero-order valence-electron chi connectivity index (χ0n) is 15.6. The molecule has 0 saturated carbocycles. The first kappa shape index (κ1) is 16.8. The van der Waals surface area contributed by atoms with Crippen molar-refractivity contribution in [2.75, 3.05) is 19.6 Å². The van der Waals surface area contributed by atoms with E-state index in [9.17, 15) is 4.79 Å². The summed E-state index contributed by atoms with van der Waals surface area (Å²) in [7, 11) is 0. The monoisotopic (exact) mass is 354 g/mol. The van der Waals surface area contributed by atoms with Gasteiger partial charge in [-0.25, -0.2) is 0 Å². The van der Waals surface area contributed by atoms with Gasteiger partial charge in [-0.2, -0.15) is 0 Å². The van der Waals surface area contributed by atoms with Crippen LogP contribution in [0.3, 0.4) is 0 Å². The highest BCUT2D eigenvalue weighted by molar-refractivity contribution is 5.78. The molecule has 0 aromatic heterocycles. The summed E-state index contributed by atoms with van der Waals surface area (Å²) in [4.78, 5) is 17.9. The first-order valence-corrected chi connectivity index (χ1v) is 10.5. The summed E-state index contributed by atoms with van der Waals surface area (Å²) >= 11 is 0. The zero-order chi connectivity index (χ0) is 17.5. The first-order valence-electron chi connectivity index (χ1n) is 10.5. The third-order valence-electron chi connectivity index (χ3n) is 7.23. The van der Waals surface area contributed by atoms with E-state index >= 15 is 0 Å². The second kappa shape index (κ2) is 6.97. The zero-order valence-corrected chi connectivity index (χ0v) is 15.6. The van der Waals surface area contributed by atoms with Crippen LogP contribution in [-0.2, 0) is 16.1 Å². The van der Waals surface area contributed by atoms with Gasteiger partial charge >= 0.3 is 0 Å². The number of piperidine rings is 4. The lowest BCUT2D eigenvalue weighted by atomic mass is 9.68. The van der Waals surface area contributed by atoms with Gasteiger partial charge < -0.3 is 9.64 Å². The van der Waals surface area contributed by atoms with Gasteiger partial charge in [-0.1, -0.05) is 30.3 Å². The number of rotatable bonds is 3. The second-order valence-electron chi connectivity index (χ2n) is 8.71. The van der Waals surface area contributed by atoms with Crippen molar-refractivity contribution >= 4 is 5.91 Å². The summed E-state index contributed by atoms with van der Waals surface area (Å²) in [5.41, 5.74) is 1.20. The molecule has 1 aromatic rings. The van der Waals surface area contributed by atoms with E-state index in [1.165, 1.54) is 44.3 Å². The fourth-order valence-electron chi connectivity index (χ4n) is 6.16. The largest absolute Gasteiger partial charge is 0.373 e. The van der Waals surface area contributed by atoms with Gasteiger partial charge in [0.15, 0.2) is 0 Å². The highest BCUT2D eigenvalue weighted by atomic mass is 16.5. The maximum absolute atomic E-state index is 12.9. The molecule has 4 heteroatoms. The Labute approximate surface area is 156 Å². The molecule has 0 radical (unpaired) electrons. The molecule has 1 amide bonds. The Morgan fingerprint density at radius 3 is 2.73 bits per heavy atom. The van der Waals surface area contributed by atoms with Gasteiger partial charge in [-0.3, -0.25) is 9.69 Å². The molecule has 4 saturated heterocycles. The van der Waals surface area contributed by atoms with Crippen molar-refractivity contribution in [1.82, 2.24) is 9.80 Å². The molecule has 4 aliphatic rings. The molecule has 4 aliphatic heterocycles. The van der Waals surface area contributed by atoms with E-state index in [0.29, 0.717) is 36.8 Å². The lowest BCUT2D eigenvalue weighted by molar-refractivity contribution is -0.161. The Kier molecular flexibility index (Phi) is 4.49. The van der Waals surface area contributed by atoms with Crippen molar-refractivity contribution in [2.24, 2.45) is 11.8 Å². The normalized spacial score (nSPS) is 37.2. The third kappa shape index (κ3) is 2.97. The maximum Gasteiger partial charge on any atom is 0.225 e. The van der Waals surface area contributed by atoms with Gasteiger partial charge in [0.25, 0.3) is 0 Å². The van der Waals surface area contributed by atoms with E-state index in [0.717, 1.165) is 19.0 Å². The van der Waals surface area contributed by atoms with E-state index in [-0.39, 0.29) is 6.10 Å². The van der Waals surface area contributed by atoms with Crippen molar-refractivity contribution in [1.29, 1.82) is 0 Å². The summed E-state index contributed by atoms with van der Waals surface area (Å²) in [5.74, 6) is 1.70. The van der Waals surface area contributed by atoms with Crippen molar-refractivity contribution < 1.29 is 9.53 Å². The van der Waals surface area contributed by atoms with Crippen LogP contribution in [0, 0.1) is 11.8 Å². The Bertz CT molecular complexity index is 647. The molecule has 1 aromatic carbocycles. The van der Waals surface area contributed by atoms with Gasteiger partial charge in [0.05, 0.1) is 19.1 Å². The number of ether oxygens (including phenoxy) is 1. The standard InChI is InChI=1S/C22H30N2O2/c25-21-13-18(26-15-16-6-2-1-3-7-16)12-20-19-9-5-11-23-10-4-8-17(22(19)23)14-24(20)21/h1-3,6-7,17-20,22H,4-5,8-15H2/t17-,18?,19+,20+,22-/m0/s1. The van der Waals surface area contributed by atoms with Crippen LogP contribution in [0.25, 0.3) is 0 Å². The van der Waals surface area contributed by atoms with Gasteiger partial charge in [-0.15, -0.1) is 0 Å². The molecule has 4 nitrogen and oxygen atoms in total. The van der Waals surface area contributed by atoms with Crippen LogP contribution >= 0.6 is 0 Å². The van der Waals surface area contributed by atoms with Crippen LogP contribution in [0.2, 0.25) is 0 Å². The molecular formula is C22H30N2O2. The van der Waals surface area contributed by atoms with Gasteiger partial charge in [0.2, 0.25) is 5.91 Å². The number of nitrogens with zero attached hydrogens (tertiary/aromatic N) is 2. The summed E-state index contributed by atoms with van der Waals surface area (Å²) in [5, 5.41) is 0. The average molecular weight is 354 g/mol. The predicted octanol–water partition coefficient (Wildman–Crippen LogP) is 3.07. The van der Waals surface area contributed by atoms with Crippen LogP contribution in [0.15, 0.2) is 30.3 Å². The van der Waals surface area contributed by atoms with E-state index in [4.69, 9.17) is 4.74 Å². The lowest BCUT2D eigenvalue weighted by Gasteiger charge is -2.59. The van der Waals surface area contributed by atoms with Gasteiger partial charge in [-0.05, 0) is 62.6 Å². The van der Waals surface area contributed by atoms with Crippen LogP contribution < -0.4 is 0 Å². The summed E-state index contributed by atoms with van der Waals surface area (Å²) in [6.07, 6.45) is 6.88. The molecule has 5 atom stereocenters. The Hall–Kier alpha value is -1.39. The number of carbonyl (C=O) groups excluding carboxylic acids is 1.